The van der Waals surface area contributed by atoms with Crippen LogP contribution in [0, 0.1) is 0 Å². The summed E-state index contributed by atoms with van der Waals surface area (Å²) in [7, 11) is -1.99. The lowest BCUT2D eigenvalue weighted by atomic mass is 9.98. The van der Waals surface area contributed by atoms with Crippen molar-refractivity contribution in [3.63, 3.8) is 0 Å². The van der Waals surface area contributed by atoms with Gasteiger partial charge in [0.2, 0.25) is 0 Å². The maximum absolute atomic E-state index is 10.7. The number of methoxy groups -OCH3 is 1. The zero-order chi connectivity index (χ0) is 20.2. The maximum Gasteiger partial charge on any atom is 0.522 e. The van der Waals surface area contributed by atoms with E-state index in [0.29, 0.717) is 0 Å². The van der Waals surface area contributed by atoms with Crippen molar-refractivity contribution in [2.45, 2.75) is 12.1 Å². The van der Waals surface area contributed by atoms with Gasteiger partial charge in [-0.05, 0) is 23.3 Å². The molecule has 1 aliphatic rings. The van der Waals surface area contributed by atoms with E-state index in [1.54, 1.807) is 7.11 Å². The average molecular weight is 401 g/mol. The fourth-order valence-electron chi connectivity index (χ4n) is 2.57. The number of hydrogen-bond donors (Lipinski definition) is 1. The number of fused-ring (bicyclic) bond motifs is 1. The first-order chi connectivity index (χ1) is 12.5. The summed E-state index contributed by atoms with van der Waals surface area (Å²) in [5, 5.41) is 0. The van der Waals surface area contributed by atoms with Gasteiger partial charge in [-0.15, -0.1) is 0 Å². The summed E-state index contributed by atoms with van der Waals surface area (Å²) in [6, 6.07) is 16.7. The molecule has 0 atom stereocenters. The van der Waals surface area contributed by atoms with Crippen LogP contribution in [0.25, 0.3) is 11.8 Å². The van der Waals surface area contributed by atoms with Crippen LogP contribution in [0.1, 0.15) is 16.7 Å². The van der Waals surface area contributed by atoms with Gasteiger partial charge in [0, 0.05) is 24.9 Å². The zero-order valence-corrected chi connectivity index (χ0v) is 15.4. The largest absolute Gasteiger partial charge is 0.522 e. The van der Waals surface area contributed by atoms with Gasteiger partial charge >= 0.3 is 15.6 Å². The van der Waals surface area contributed by atoms with Gasteiger partial charge in [-0.2, -0.15) is 21.6 Å². The minimum absolute atomic E-state index is 0.875. The van der Waals surface area contributed by atoms with Crippen LogP contribution in [0.15, 0.2) is 48.5 Å². The number of alkyl halides is 3. The van der Waals surface area contributed by atoms with E-state index in [-0.39, 0.29) is 0 Å². The summed E-state index contributed by atoms with van der Waals surface area (Å²) in [4.78, 5) is 2.26. The van der Waals surface area contributed by atoms with E-state index in [9.17, 15) is 13.2 Å². The van der Waals surface area contributed by atoms with Gasteiger partial charge in [-0.3, -0.25) is 4.55 Å². The van der Waals surface area contributed by atoms with Gasteiger partial charge in [0.25, 0.3) is 0 Å². The third-order valence-electron chi connectivity index (χ3n) is 3.85. The number of rotatable bonds is 2. The van der Waals surface area contributed by atoms with E-state index in [4.69, 9.17) is 17.7 Å². The minimum atomic E-state index is -5.84. The minimum Gasteiger partial charge on any atom is -0.496 e. The van der Waals surface area contributed by atoms with E-state index < -0.39 is 15.6 Å². The monoisotopic (exact) mass is 401 g/mol. The molecule has 0 aliphatic carbocycles. The Morgan fingerprint density at radius 3 is 2.19 bits per heavy atom. The molecule has 27 heavy (non-hydrogen) atoms. The summed E-state index contributed by atoms with van der Waals surface area (Å²) in [6.07, 6.45) is 2.23. The van der Waals surface area contributed by atoms with Crippen LogP contribution in [0.4, 0.5) is 13.2 Å². The number of halogens is 3. The van der Waals surface area contributed by atoms with Crippen LogP contribution in [0.2, 0.25) is 0 Å². The first-order valence-corrected chi connectivity index (χ1v) is 9.16. The molecule has 0 aromatic heterocycles. The number of nitrogens with zero attached hydrogens (tertiary/aromatic N) is 1. The van der Waals surface area contributed by atoms with Crippen LogP contribution in [0.3, 0.4) is 0 Å². The van der Waals surface area contributed by atoms with Crippen molar-refractivity contribution in [3.8, 4) is 5.75 Å². The van der Waals surface area contributed by atoms with Crippen molar-refractivity contribution in [1.82, 2.24) is 4.90 Å². The Bertz CT molecular complexity index is 925. The van der Waals surface area contributed by atoms with Gasteiger partial charge in [0.15, 0.2) is 0 Å². The Hall–Kier alpha value is -2.52. The summed E-state index contributed by atoms with van der Waals surface area (Å²) in [5.41, 5.74) is -0.532. The molecule has 0 radical (unpaired) electrons. The zero-order valence-electron chi connectivity index (χ0n) is 14.6. The molecule has 0 bridgehead atoms. The lowest BCUT2D eigenvalue weighted by molar-refractivity contribution is -0.0510. The first-order valence-electron chi connectivity index (χ1n) is 7.72. The van der Waals surface area contributed by atoms with E-state index in [1.807, 2.05) is 18.2 Å². The molecule has 2 aromatic rings. The molecule has 1 N–H and O–H groups in total. The molecule has 0 saturated heterocycles. The lowest BCUT2D eigenvalue weighted by Crippen LogP contribution is -2.21. The molecule has 5 nitrogen and oxygen atoms in total. The topological polar surface area (TPSA) is 66.8 Å². The second-order valence-corrected chi connectivity index (χ2v) is 7.11. The summed E-state index contributed by atoms with van der Waals surface area (Å²) < 4.78 is 63.0. The van der Waals surface area contributed by atoms with Gasteiger partial charge in [-0.1, -0.05) is 42.5 Å². The molecule has 2 aromatic carbocycles. The molecule has 3 rings (SSSR count). The molecular formula is C18H18F3NO4S. The molecule has 0 spiro atoms. The highest BCUT2D eigenvalue weighted by molar-refractivity contribution is 7.86. The van der Waals surface area contributed by atoms with Crippen LogP contribution in [0.5, 0.6) is 5.75 Å². The Morgan fingerprint density at radius 2 is 1.67 bits per heavy atom. The van der Waals surface area contributed by atoms with Crippen LogP contribution in [-0.2, 0) is 16.7 Å². The smallest absolute Gasteiger partial charge is 0.496 e. The molecule has 0 unspecified atom stereocenters. The highest BCUT2D eigenvalue weighted by Gasteiger charge is 2.44. The highest BCUT2D eigenvalue weighted by Crippen LogP contribution is 2.34. The first kappa shape index (κ1) is 20.8. The molecule has 1 heterocycles. The van der Waals surface area contributed by atoms with E-state index >= 15 is 0 Å². The van der Waals surface area contributed by atoms with Gasteiger partial charge < -0.3 is 9.64 Å². The predicted octanol–water partition coefficient (Wildman–Crippen LogP) is 4.03. The molecule has 1 aliphatic heterocycles. The standard InChI is InChI=1S/C17H17NO.CHF3O3S/c1-18-12-15-14(9-6-10-17(15)19-2)11-16(18)13-7-4-3-5-8-13;2-1(3,4)8(5,6)7/h3-11H,12H2,1-2H3;(H,5,6,7). The molecule has 0 fully saturated rings. The fraction of sp³-hybridized carbons (Fsp3) is 0.222. The SMILES string of the molecule is COc1cccc2c1CN(C)C(c1ccccc1)=C2.O=S(=O)(O)C(F)(F)F. The van der Waals surface area contributed by atoms with Crippen LogP contribution >= 0.6 is 0 Å². The average Bonchev–Trinajstić information content (AvgIpc) is 2.60. The molecule has 0 amide bonds. The van der Waals surface area contributed by atoms with Crippen LogP contribution in [-0.4, -0.2) is 37.5 Å². The Kier molecular flexibility index (Phi) is 6.17. The van der Waals surface area contributed by atoms with Crippen molar-refractivity contribution >= 4 is 21.9 Å². The Balaban J connectivity index is 0.000000279. The van der Waals surface area contributed by atoms with Crippen molar-refractivity contribution in [2.24, 2.45) is 0 Å². The maximum atomic E-state index is 10.7. The molecule has 146 valence electrons. The lowest BCUT2D eigenvalue weighted by Gasteiger charge is -2.29. The van der Waals surface area contributed by atoms with Gasteiger partial charge in [-0.25, -0.2) is 0 Å². The van der Waals surface area contributed by atoms with Crippen molar-refractivity contribution in [3.05, 3.63) is 65.2 Å². The highest BCUT2D eigenvalue weighted by atomic mass is 32.2. The van der Waals surface area contributed by atoms with E-state index in [1.165, 1.54) is 22.4 Å². The van der Waals surface area contributed by atoms with Crippen molar-refractivity contribution in [2.75, 3.05) is 14.2 Å². The quantitative estimate of drug-likeness (QED) is 0.608. The number of benzene rings is 2. The van der Waals surface area contributed by atoms with Crippen molar-refractivity contribution < 1.29 is 30.9 Å². The fourth-order valence-corrected chi connectivity index (χ4v) is 2.57. The number of ether oxygens (including phenoxy) is 1. The summed E-state index contributed by atoms with van der Waals surface area (Å²) in [5.74, 6) is 0.965. The number of hydrogen-bond acceptors (Lipinski definition) is 4. The summed E-state index contributed by atoms with van der Waals surface area (Å²) >= 11 is 0. The third kappa shape index (κ3) is 5.01. The predicted molar refractivity (Wildman–Crippen MR) is 96.4 cm³/mol. The van der Waals surface area contributed by atoms with E-state index in [2.05, 4.69) is 48.4 Å². The Labute approximate surface area is 155 Å². The summed E-state index contributed by atoms with van der Waals surface area (Å²) in [6.45, 7) is 0.875. The van der Waals surface area contributed by atoms with Gasteiger partial charge in [0.1, 0.15) is 5.75 Å². The van der Waals surface area contributed by atoms with Crippen molar-refractivity contribution in [1.29, 1.82) is 0 Å². The molecule has 0 saturated carbocycles. The molecular weight excluding hydrogens is 383 g/mol. The Morgan fingerprint density at radius 1 is 1.07 bits per heavy atom. The van der Waals surface area contributed by atoms with Gasteiger partial charge in [0.05, 0.1) is 7.11 Å². The molecule has 9 heteroatoms. The second kappa shape index (κ2) is 8.01. The van der Waals surface area contributed by atoms with Crippen LogP contribution < -0.4 is 4.74 Å². The normalized spacial score (nSPS) is 13.9. The third-order valence-corrected chi connectivity index (χ3v) is 4.43. The second-order valence-electron chi connectivity index (χ2n) is 5.70. The van der Waals surface area contributed by atoms with E-state index in [0.717, 1.165) is 12.3 Å².